The smallest absolute Gasteiger partial charge is 0.247 e. The molecule has 1 N–H and O–H groups in total. The number of nitrogens with zero attached hydrogens (tertiary/aromatic N) is 2. The molecule has 0 aliphatic carbocycles. The van der Waals surface area contributed by atoms with E-state index >= 15 is 0 Å². The summed E-state index contributed by atoms with van der Waals surface area (Å²) in [6.07, 6.45) is 1.10. The Balaban J connectivity index is 1.68. The van der Waals surface area contributed by atoms with E-state index in [1.54, 1.807) is 17.0 Å². The number of hydrogen-bond acceptors (Lipinski definition) is 5. The first-order valence-electron chi connectivity index (χ1n) is 10.5. The van der Waals surface area contributed by atoms with Crippen LogP contribution in [0.2, 0.25) is 0 Å². The van der Waals surface area contributed by atoms with Crippen molar-refractivity contribution in [1.82, 2.24) is 9.21 Å². The number of sulfonamides is 1. The number of benzene rings is 1. The minimum atomic E-state index is -3.63. The first-order valence-corrected chi connectivity index (χ1v) is 11.9. The van der Waals surface area contributed by atoms with E-state index in [0.717, 1.165) is 6.42 Å². The van der Waals surface area contributed by atoms with Gasteiger partial charge < -0.3 is 15.0 Å². The van der Waals surface area contributed by atoms with E-state index in [9.17, 15) is 18.0 Å². The summed E-state index contributed by atoms with van der Waals surface area (Å²) in [6, 6.07) is 5.69. The van der Waals surface area contributed by atoms with Crippen molar-refractivity contribution in [3.63, 3.8) is 0 Å². The Morgan fingerprint density at radius 1 is 1.10 bits per heavy atom. The minimum Gasteiger partial charge on any atom is -0.373 e. The molecular weight excluding hydrogens is 406 g/mol. The van der Waals surface area contributed by atoms with E-state index in [-0.39, 0.29) is 34.8 Å². The van der Waals surface area contributed by atoms with Crippen molar-refractivity contribution >= 4 is 27.5 Å². The van der Waals surface area contributed by atoms with Crippen LogP contribution in [-0.4, -0.2) is 67.3 Å². The van der Waals surface area contributed by atoms with Crippen LogP contribution in [0.15, 0.2) is 29.2 Å². The molecular formula is C21H31N3O5S. The molecule has 30 heavy (non-hydrogen) atoms. The lowest BCUT2D eigenvalue weighted by molar-refractivity contribution is -0.139. The van der Waals surface area contributed by atoms with Gasteiger partial charge in [0.05, 0.1) is 17.1 Å². The highest BCUT2D eigenvalue weighted by Crippen LogP contribution is 2.24. The first-order chi connectivity index (χ1) is 14.1. The van der Waals surface area contributed by atoms with Crippen molar-refractivity contribution in [2.75, 3.05) is 25.0 Å². The van der Waals surface area contributed by atoms with Crippen LogP contribution >= 0.6 is 0 Å². The average Bonchev–Trinajstić information content (AvgIpc) is 3.17. The lowest BCUT2D eigenvalue weighted by Crippen LogP contribution is -2.48. The Kier molecular flexibility index (Phi) is 6.84. The van der Waals surface area contributed by atoms with Crippen molar-refractivity contribution in [1.29, 1.82) is 0 Å². The quantitative estimate of drug-likeness (QED) is 0.761. The summed E-state index contributed by atoms with van der Waals surface area (Å²) in [5.41, 5.74) is 0.506. The molecule has 2 amide bonds. The number of carbonyl (C=O) groups excluding carboxylic acids is 2. The molecule has 3 rings (SSSR count). The molecule has 1 aromatic carbocycles. The van der Waals surface area contributed by atoms with Gasteiger partial charge in [0, 0.05) is 31.2 Å². The molecule has 2 aliphatic rings. The number of rotatable bonds is 5. The van der Waals surface area contributed by atoms with Crippen LogP contribution in [0.1, 0.15) is 40.5 Å². The molecule has 2 aliphatic heterocycles. The maximum Gasteiger partial charge on any atom is 0.247 e. The third kappa shape index (κ3) is 4.84. The normalized spacial score (nSPS) is 25.5. The van der Waals surface area contributed by atoms with E-state index < -0.39 is 16.1 Å². The molecule has 0 saturated carbocycles. The molecule has 2 heterocycles. The van der Waals surface area contributed by atoms with Crippen molar-refractivity contribution in [2.45, 2.75) is 63.7 Å². The highest BCUT2D eigenvalue weighted by Gasteiger charge is 2.35. The van der Waals surface area contributed by atoms with Crippen molar-refractivity contribution in [3.05, 3.63) is 24.3 Å². The number of anilines is 1. The molecule has 0 radical (unpaired) electrons. The van der Waals surface area contributed by atoms with Crippen LogP contribution in [0.3, 0.4) is 0 Å². The van der Waals surface area contributed by atoms with Crippen molar-refractivity contribution in [2.24, 2.45) is 5.92 Å². The molecule has 0 aromatic heterocycles. The zero-order chi connectivity index (χ0) is 22.1. The summed E-state index contributed by atoms with van der Waals surface area (Å²) in [4.78, 5) is 26.9. The van der Waals surface area contributed by atoms with Crippen LogP contribution < -0.4 is 5.32 Å². The number of carbonyl (C=O) groups is 2. The second-order valence-corrected chi connectivity index (χ2v) is 10.4. The molecule has 1 aromatic rings. The number of nitrogens with one attached hydrogen (secondary N) is 1. The van der Waals surface area contributed by atoms with Gasteiger partial charge >= 0.3 is 0 Å². The summed E-state index contributed by atoms with van der Waals surface area (Å²) in [7, 11) is -3.63. The van der Waals surface area contributed by atoms with Crippen LogP contribution in [0, 0.1) is 5.92 Å². The molecule has 3 atom stereocenters. The van der Waals surface area contributed by atoms with Gasteiger partial charge in [-0.25, -0.2) is 8.42 Å². The van der Waals surface area contributed by atoms with Crippen LogP contribution in [0.4, 0.5) is 5.69 Å². The van der Waals surface area contributed by atoms with Gasteiger partial charge in [-0.05, 0) is 51.0 Å². The van der Waals surface area contributed by atoms with Gasteiger partial charge in [0.1, 0.15) is 6.04 Å². The molecule has 166 valence electrons. The summed E-state index contributed by atoms with van der Waals surface area (Å²) < 4.78 is 32.9. The number of likely N-dealkylation sites (tertiary alicyclic amines) is 1. The summed E-state index contributed by atoms with van der Waals surface area (Å²) >= 11 is 0. The molecule has 2 saturated heterocycles. The van der Waals surface area contributed by atoms with E-state index in [2.05, 4.69) is 5.32 Å². The fourth-order valence-corrected chi connectivity index (χ4v) is 5.64. The fourth-order valence-electron chi connectivity index (χ4n) is 4.05. The first kappa shape index (κ1) is 22.7. The average molecular weight is 438 g/mol. The summed E-state index contributed by atoms with van der Waals surface area (Å²) in [6.45, 7) is 8.57. The topological polar surface area (TPSA) is 96.0 Å². The number of ether oxygens (including phenoxy) is 1. The Hall–Kier alpha value is -1.97. The Morgan fingerprint density at radius 2 is 1.70 bits per heavy atom. The third-order valence-corrected chi connectivity index (χ3v) is 7.32. The Morgan fingerprint density at radius 3 is 2.27 bits per heavy atom. The molecule has 9 heteroatoms. The molecule has 0 bridgehead atoms. The standard InChI is InChI=1S/C21H31N3O5S/c1-14(2)21(26)24-11-5-6-19(24)20(25)22-17-7-9-18(10-8-17)30(27,28)23-12-15(3)29-16(4)13-23/h7-10,14-16,19H,5-6,11-13H2,1-4H3,(H,22,25). The molecule has 0 spiro atoms. The molecule has 2 fully saturated rings. The third-order valence-electron chi connectivity index (χ3n) is 5.48. The fraction of sp³-hybridized carbons (Fsp3) is 0.619. The van der Waals surface area contributed by atoms with Gasteiger partial charge in [0.2, 0.25) is 21.8 Å². The Bertz CT molecular complexity index is 874. The van der Waals surface area contributed by atoms with E-state index in [1.165, 1.54) is 16.4 Å². The SMILES string of the molecule is CC1CN(S(=O)(=O)c2ccc(NC(=O)C3CCCN3C(=O)C(C)C)cc2)CC(C)O1. The van der Waals surface area contributed by atoms with Gasteiger partial charge in [0.25, 0.3) is 0 Å². The van der Waals surface area contributed by atoms with Crippen molar-refractivity contribution < 1.29 is 22.7 Å². The number of hydrogen-bond donors (Lipinski definition) is 1. The summed E-state index contributed by atoms with van der Waals surface area (Å²) in [5.74, 6) is -0.426. The van der Waals surface area contributed by atoms with Gasteiger partial charge in [-0.2, -0.15) is 4.31 Å². The highest BCUT2D eigenvalue weighted by atomic mass is 32.2. The van der Waals surface area contributed by atoms with Crippen LogP contribution in [-0.2, 0) is 24.3 Å². The lowest BCUT2D eigenvalue weighted by atomic mass is 10.1. The predicted molar refractivity (Wildman–Crippen MR) is 113 cm³/mol. The van der Waals surface area contributed by atoms with Crippen molar-refractivity contribution in [3.8, 4) is 0 Å². The minimum absolute atomic E-state index is 0.0249. The van der Waals surface area contributed by atoms with E-state index in [0.29, 0.717) is 31.7 Å². The van der Waals surface area contributed by atoms with Gasteiger partial charge in [0.15, 0.2) is 0 Å². The second kappa shape index (κ2) is 9.03. The number of amides is 2. The van der Waals surface area contributed by atoms with Crippen LogP contribution in [0.5, 0.6) is 0 Å². The zero-order valence-electron chi connectivity index (χ0n) is 18.0. The largest absolute Gasteiger partial charge is 0.373 e. The maximum atomic E-state index is 12.9. The predicted octanol–water partition coefficient (Wildman–Crippen LogP) is 2.07. The summed E-state index contributed by atoms with van der Waals surface area (Å²) in [5, 5.41) is 2.82. The lowest BCUT2D eigenvalue weighted by Gasteiger charge is -2.34. The van der Waals surface area contributed by atoms with Crippen LogP contribution in [0.25, 0.3) is 0 Å². The Labute approximate surface area is 178 Å². The molecule has 8 nitrogen and oxygen atoms in total. The van der Waals surface area contributed by atoms with Gasteiger partial charge in [-0.3, -0.25) is 9.59 Å². The van der Waals surface area contributed by atoms with Gasteiger partial charge in [-0.15, -0.1) is 0 Å². The monoisotopic (exact) mass is 437 g/mol. The van der Waals surface area contributed by atoms with Gasteiger partial charge in [-0.1, -0.05) is 13.8 Å². The van der Waals surface area contributed by atoms with E-state index in [1.807, 2.05) is 27.7 Å². The maximum absolute atomic E-state index is 12.9. The van der Waals surface area contributed by atoms with E-state index in [4.69, 9.17) is 4.74 Å². The molecule has 3 unspecified atom stereocenters. The zero-order valence-corrected chi connectivity index (χ0v) is 18.8. The highest BCUT2D eigenvalue weighted by molar-refractivity contribution is 7.89. The second-order valence-electron chi connectivity index (χ2n) is 8.44. The number of morpholine rings is 1.